The summed E-state index contributed by atoms with van der Waals surface area (Å²) in [6, 6.07) is 9.29. The van der Waals surface area contributed by atoms with Gasteiger partial charge < -0.3 is 19.5 Å². The molecule has 2 aliphatic rings. The summed E-state index contributed by atoms with van der Waals surface area (Å²) in [5, 5.41) is 2.71. The SMILES string of the molecule is O=C(COC(=O)c1cc2c(s1)CCC2)NC[C@@H]1COc2ccccc2O1. The fourth-order valence-corrected chi connectivity index (χ4v) is 4.22. The molecule has 0 unspecified atom stereocenters. The second-order valence-corrected chi connectivity index (χ2v) is 7.43. The first-order valence-corrected chi connectivity index (χ1v) is 9.44. The van der Waals surface area contributed by atoms with E-state index in [1.807, 2.05) is 30.3 Å². The molecule has 1 aliphatic heterocycles. The van der Waals surface area contributed by atoms with Crippen molar-refractivity contribution >= 4 is 23.2 Å². The molecule has 0 spiro atoms. The fraction of sp³-hybridized carbons (Fsp3) is 0.368. The van der Waals surface area contributed by atoms with Crippen molar-refractivity contribution in [2.24, 2.45) is 0 Å². The molecule has 0 bridgehead atoms. The first-order valence-electron chi connectivity index (χ1n) is 8.63. The van der Waals surface area contributed by atoms with Gasteiger partial charge in [0.1, 0.15) is 17.6 Å². The summed E-state index contributed by atoms with van der Waals surface area (Å²) in [7, 11) is 0. The Morgan fingerprint density at radius 1 is 1.23 bits per heavy atom. The molecular weight excluding hydrogens is 354 g/mol. The average Bonchev–Trinajstić information content (AvgIpc) is 3.26. The van der Waals surface area contributed by atoms with Crippen LogP contribution in [0.5, 0.6) is 11.5 Å². The predicted molar refractivity (Wildman–Crippen MR) is 96.0 cm³/mol. The number of carbonyl (C=O) groups is 2. The van der Waals surface area contributed by atoms with Gasteiger partial charge in [-0.3, -0.25) is 4.79 Å². The van der Waals surface area contributed by atoms with Gasteiger partial charge in [0.05, 0.1) is 6.54 Å². The zero-order valence-electron chi connectivity index (χ0n) is 14.2. The molecule has 1 aliphatic carbocycles. The van der Waals surface area contributed by atoms with E-state index in [1.165, 1.54) is 21.8 Å². The van der Waals surface area contributed by atoms with Crippen LogP contribution in [0.2, 0.25) is 0 Å². The van der Waals surface area contributed by atoms with Crippen molar-refractivity contribution in [1.29, 1.82) is 0 Å². The number of amides is 1. The monoisotopic (exact) mass is 373 g/mol. The maximum Gasteiger partial charge on any atom is 0.348 e. The number of benzene rings is 1. The van der Waals surface area contributed by atoms with Crippen molar-refractivity contribution in [3.05, 3.63) is 45.6 Å². The van der Waals surface area contributed by atoms with E-state index in [2.05, 4.69) is 5.32 Å². The van der Waals surface area contributed by atoms with Crippen LogP contribution in [0.3, 0.4) is 0 Å². The summed E-state index contributed by atoms with van der Waals surface area (Å²) >= 11 is 1.47. The smallest absolute Gasteiger partial charge is 0.348 e. The van der Waals surface area contributed by atoms with Crippen LogP contribution in [0, 0.1) is 0 Å². The van der Waals surface area contributed by atoms with Crippen LogP contribution in [-0.4, -0.2) is 37.7 Å². The first-order chi connectivity index (χ1) is 12.7. The third-order valence-corrected chi connectivity index (χ3v) is 5.59. The van der Waals surface area contributed by atoms with Crippen molar-refractivity contribution in [1.82, 2.24) is 5.32 Å². The summed E-state index contributed by atoms with van der Waals surface area (Å²) in [6.07, 6.45) is 2.92. The van der Waals surface area contributed by atoms with Gasteiger partial charge in [0.2, 0.25) is 0 Å². The maximum absolute atomic E-state index is 12.1. The van der Waals surface area contributed by atoms with Gasteiger partial charge in [0, 0.05) is 4.88 Å². The number of carbonyl (C=O) groups excluding carboxylic acids is 2. The number of hydrogen-bond acceptors (Lipinski definition) is 6. The summed E-state index contributed by atoms with van der Waals surface area (Å²) in [6.45, 7) is 0.349. The molecule has 1 amide bonds. The van der Waals surface area contributed by atoms with Crippen LogP contribution < -0.4 is 14.8 Å². The molecule has 2 aromatic rings. The molecular formula is C19H19NO5S. The topological polar surface area (TPSA) is 73.9 Å². The molecule has 6 nitrogen and oxygen atoms in total. The Hall–Kier alpha value is -2.54. The highest BCUT2D eigenvalue weighted by molar-refractivity contribution is 7.14. The third-order valence-electron chi connectivity index (χ3n) is 4.38. The molecule has 4 rings (SSSR count). The van der Waals surface area contributed by atoms with Crippen LogP contribution in [-0.2, 0) is 22.4 Å². The Morgan fingerprint density at radius 2 is 2.08 bits per heavy atom. The van der Waals surface area contributed by atoms with Crippen molar-refractivity contribution in [3.63, 3.8) is 0 Å². The minimum absolute atomic E-state index is 0.273. The van der Waals surface area contributed by atoms with Gasteiger partial charge in [-0.1, -0.05) is 12.1 Å². The van der Waals surface area contributed by atoms with E-state index in [4.69, 9.17) is 14.2 Å². The second kappa shape index (κ2) is 7.37. The summed E-state index contributed by atoms with van der Waals surface area (Å²) < 4.78 is 16.5. The van der Waals surface area contributed by atoms with Gasteiger partial charge in [-0.25, -0.2) is 4.79 Å². The van der Waals surface area contributed by atoms with E-state index in [0.717, 1.165) is 19.3 Å². The second-order valence-electron chi connectivity index (χ2n) is 6.29. The fourth-order valence-electron chi connectivity index (χ4n) is 3.07. The number of esters is 1. The largest absolute Gasteiger partial charge is 0.486 e. The number of rotatable bonds is 5. The molecule has 136 valence electrons. The number of aryl methyl sites for hydroxylation is 2. The number of nitrogens with one attached hydrogen (secondary N) is 1. The Morgan fingerprint density at radius 3 is 2.92 bits per heavy atom. The molecule has 26 heavy (non-hydrogen) atoms. The van der Waals surface area contributed by atoms with E-state index in [1.54, 1.807) is 0 Å². The molecule has 7 heteroatoms. The van der Waals surface area contributed by atoms with E-state index in [-0.39, 0.29) is 25.2 Å². The molecule has 1 N–H and O–H groups in total. The van der Waals surface area contributed by atoms with Crippen LogP contribution >= 0.6 is 11.3 Å². The first kappa shape index (κ1) is 16.9. The zero-order chi connectivity index (χ0) is 17.9. The molecule has 0 saturated heterocycles. The van der Waals surface area contributed by atoms with Crippen molar-refractivity contribution in [2.75, 3.05) is 19.8 Å². The lowest BCUT2D eigenvalue weighted by atomic mass is 10.2. The Balaban J connectivity index is 1.21. The number of ether oxygens (including phenoxy) is 3. The molecule has 0 radical (unpaired) electrons. The molecule has 1 aromatic heterocycles. The van der Waals surface area contributed by atoms with E-state index < -0.39 is 5.97 Å². The lowest BCUT2D eigenvalue weighted by molar-refractivity contribution is -0.124. The van der Waals surface area contributed by atoms with Gasteiger partial charge in [-0.2, -0.15) is 0 Å². The maximum atomic E-state index is 12.1. The number of para-hydroxylation sites is 2. The van der Waals surface area contributed by atoms with Crippen LogP contribution in [0.25, 0.3) is 0 Å². The molecule has 1 aromatic carbocycles. The van der Waals surface area contributed by atoms with Crippen molar-refractivity contribution in [3.8, 4) is 11.5 Å². The summed E-state index contributed by atoms with van der Waals surface area (Å²) in [5.74, 6) is 0.567. The van der Waals surface area contributed by atoms with E-state index in [0.29, 0.717) is 23.0 Å². The Kier molecular flexibility index (Phi) is 4.79. The van der Waals surface area contributed by atoms with Gasteiger partial charge in [-0.05, 0) is 43.0 Å². The van der Waals surface area contributed by atoms with Gasteiger partial charge in [0.25, 0.3) is 5.91 Å². The summed E-state index contributed by atoms with van der Waals surface area (Å²) in [4.78, 5) is 25.8. The highest BCUT2D eigenvalue weighted by Gasteiger charge is 2.22. The van der Waals surface area contributed by atoms with Gasteiger partial charge in [-0.15, -0.1) is 11.3 Å². The highest BCUT2D eigenvalue weighted by Crippen LogP contribution is 2.31. The van der Waals surface area contributed by atoms with Crippen LogP contribution in [0.15, 0.2) is 30.3 Å². The normalized spacial score (nSPS) is 17.5. The Bertz CT molecular complexity index is 810. The highest BCUT2D eigenvalue weighted by atomic mass is 32.1. The predicted octanol–water partition coefficient (Wildman–Crippen LogP) is 2.35. The number of fused-ring (bicyclic) bond motifs is 2. The van der Waals surface area contributed by atoms with E-state index in [9.17, 15) is 9.59 Å². The standard InChI is InChI=1S/C19H19NO5S/c21-18(11-24-19(22)17-8-12-4-3-7-16(12)26-17)20-9-13-10-23-14-5-1-2-6-15(14)25-13/h1-2,5-6,8,13H,3-4,7,9-11H2,(H,20,21)/t13-/m1/s1. The van der Waals surface area contributed by atoms with Gasteiger partial charge >= 0.3 is 5.97 Å². The molecule has 0 fully saturated rings. The lowest BCUT2D eigenvalue weighted by Crippen LogP contribution is -2.42. The van der Waals surface area contributed by atoms with Gasteiger partial charge in [0.15, 0.2) is 18.1 Å². The molecule has 0 saturated carbocycles. The van der Waals surface area contributed by atoms with E-state index >= 15 is 0 Å². The average molecular weight is 373 g/mol. The molecule has 2 heterocycles. The van der Waals surface area contributed by atoms with Crippen LogP contribution in [0.4, 0.5) is 0 Å². The molecule has 1 atom stereocenters. The third kappa shape index (κ3) is 3.67. The minimum Gasteiger partial charge on any atom is -0.486 e. The number of thiophene rings is 1. The quantitative estimate of drug-likeness (QED) is 0.815. The van der Waals surface area contributed by atoms with Crippen molar-refractivity contribution < 1.29 is 23.8 Å². The Labute approximate surface area is 155 Å². The number of hydrogen-bond donors (Lipinski definition) is 1. The zero-order valence-corrected chi connectivity index (χ0v) is 15.0. The lowest BCUT2D eigenvalue weighted by Gasteiger charge is -2.26. The van der Waals surface area contributed by atoms with Crippen molar-refractivity contribution in [2.45, 2.75) is 25.4 Å². The minimum atomic E-state index is -0.439. The summed E-state index contributed by atoms with van der Waals surface area (Å²) in [5.41, 5.74) is 1.24. The van der Waals surface area contributed by atoms with Crippen LogP contribution in [0.1, 0.15) is 26.5 Å².